The zero-order valence-electron chi connectivity index (χ0n) is 16.7. The molecule has 2 aromatic carbocycles. The largest absolute Gasteiger partial charge is 0.497 e. The molecule has 3 rings (SSSR count). The fraction of sp³-hybridized carbons (Fsp3) is 0.318. The van der Waals surface area contributed by atoms with Crippen LogP contribution in [-0.4, -0.2) is 62.3 Å². The summed E-state index contributed by atoms with van der Waals surface area (Å²) in [5.41, 5.74) is 2.40. The molecule has 1 heterocycles. The monoisotopic (exact) mass is 395 g/mol. The lowest BCUT2D eigenvalue weighted by molar-refractivity contribution is -0.132. The van der Waals surface area contributed by atoms with Crippen molar-refractivity contribution in [2.24, 2.45) is 0 Å². The Bertz CT molecular complexity index is 870. The van der Waals surface area contributed by atoms with Gasteiger partial charge in [-0.15, -0.1) is 0 Å². The summed E-state index contributed by atoms with van der Waals surface area (Å²) in [4.78, 5) is 40.5. The number of carbonyl (C=O) groups is 3. The summed E-state index contributed by atoms with van der Waals surface area (Å²) in [7, 11) is 1.63. The van der Waals surface area contributed by atoms with Crippen LogP contribution < -0.4 is 15.0 Å². The third-order valence-corrected chi connectivity index (χ3v) is 4.99. The van der Waals surface area contributed by atoms with Gasteiger partial charge in [0.2, 0.25) is 11.7 Å². The van der Waals surface area contributed by atoms with Crippen LogP contribution >= 0.6 is 0 Å². The second kappa shape index (κ2) is 9.23. The van der Waals surface area contributed by atoms with E-state index in [-0.39, 0.29) is 12.5 Å². The fourth-order valence-corrected chi connectivity index (χ4v) is 3.19. The molecule has 1 aliphatic heterocycles. The Morgan fingerprint density at radius 3 is 2.14 bits per heavy atom. The molecule has 1 aliphatic rings. The number of aryl methyl sites for hydroxylation is 1. The number of ether oxygens (including phenoxy) is 1. The summed E-state index contributed by atoms with van der Waals surface area (Å²) in [5.74, 6) is -0.788. The second-order valence-electron chi connectivity index (χ2n) is 6.94. The van der Waals surface area contributed by atoms with Crippen LogP contribution in [0.5, 0.6) is 5.75 Å². The predicted octanol–water partition coefficient (Wildman–Crippen LogP) is 1.65. The molecule has 2 amide bonds. The first kappa shape index (κ1) is 20.4. The molecule has 2 aromatic rings. The molecule has 1 saturated heterocycles. The Labute approximate surface area is 170 Å². The third kappa shape index (κ3) is 5.13. The number of Topliss-reactive ketones (excluding diaryl/α,β-unsaturated/α-hetero) is 1. The van der Waals surface area contributed by atoms with Gasteiger partial charge in [-0.05, 0) is 31.2 Å². The molecule has 0 aliphatic carbocycles. The fourth-order valence-electron chi connectivity index (χ4n) is 3.19. The van der Waals surface area contributed by atoms with Crippen LogP contribution in [-0.2, 0) is 9.59 Å². The molecule has 0 atom stereocenters. The Hall–Kier alpha value is -3.35. The van der Waals surface area contributed by atoms with E-state index in [0.29, 0.717) is 31.7 Å². The molecule has 0 bridgehead atoms. The van der Waals surface area contributed by atoms with Gasteiger partial charge in [0.15, 0.2) is 0 Å². The summed E-state index contributed by atoms with van der Waals surface area (Å²) in [6.45, 7) is 4.25. The Balaban J connectivity index is 1.46. The lowest BCUT2D eigenvalue weighted by Gasteiger charge is -2.36. The SMILES string of the molecule is COc1ccc(N2CCN(C(=O)CNC(=O)C(=O)c3ccc(C)cc3)CC2)cc1. The van der Waals surface area contributed by atoms with Crippen LogP contribution in [0.2, 0.25) is 0 Å². The van der Waals surface area contributed by atoms with Gasteiger partial charge in [0, 0.05) is 37.4 Å². The van der Waals surface area contributed by atoms with E-state index >= 15 is 0 Å². The number of carbonyl (C=O) groups excluding carboxylic acids is 3. The molecule has 7 nitrogen and oxygen atoms in total. The maximum atomic E-state index is 12.4. The van der Waals surface area contributed by atoms with Gasteiger partial charge in [-0.2, -0.15) is 0 Å². The van der Waals surface area contributed by atoms with E-state index in [4.69, 9.17) is 4.74 Å². The average Bonchev–Trinajstić information content (AvgIpc) is 2.77. The molecular formula is C22H25N3O4. The van der Waals surface area contributed by atoms with E-state index in [1.807, 2.05) is 31.2 Å². The van der Waals surface area contributed by atoms with Gasteiger partial charge in [-0.25, -0.2) is 0 Å². The highest BCUT2D eigenvalue weighted by atomic mass is 16.5. The topological polar surface area (TPSA) is 79.0 Å². The van der Waals surface area contributed by atoms with Gasteiger partial charge in [-0.3, -0.25) is 14.4 Å². The van der Waals surface area contributed by atoms with Gasteiger partial charge in [0.25, 0.3) is 5.91 Å². The first-order valence-corrected chi connectivity index (χ1v) is 9.54. The Morgan fingerprint density at radius 2 is 1.55 bits per heavy atom. The molecule has 0 spiro atoms. The first-order chi connectivity index (χ1) is 14.0. The van der Waals surface area contributed by atoms with Crippen LogP contribution in [0.3, 0.4) is 0 Å². The van der Waals surface area contributed by atoms with E-state index in [9.17, 15) is 14.4 Å². The van der Waals surface area contributed by atoms with E-state index in [1.165, 1.54) is 0 Å². The number of piperazine rings is 1. The summed E-state index contributed by atoms with van der Waals surface area (Å²) < 4.78 is 5.17. The zero-order chi connectivity index (χ0) is 20.8. The van der Waals surface area contributed by atoms with E-state index < -0.39 is 11.7 Å². The summed E-state index contributed by atoms with van der Waals surface area (Å²) in [6.07, 6.45) is 0. The van der Waals surface area contributed by atoms with Crippen LogP contribution in [0, 0.1) is 6.92 Å². The molecular weight excluding hydrogens is 370 g/mol. The molecule has 7 heteroatoms. The number of hydrogen-bond acceptors (Lipinski definition) is 5. The number of rotatable bonds is 6. The van der Waals surface area contributed by atoms with Crippen molar-refractivity contribution < 1.29 is 19.1 Å². The molecule has 29 heavy (non-hydrogen) atoms. The van der Waals surface area contributed by atoms with Gasteiger partial charge in [0.1, 0.15) is 5.75 Å². The number of nitrogens with zero attached hydrogens (tertiary/aromatic N) is 2. The highest BCUT2D eigenvalue weighted by molar-refractivity contribution is 6.43. The smallest absolute Gasteiger partial charge is 0.292 e. The van der Waals surface area contributed by atoms with Crippen LogP contribution in [0.4, 0.5) is 5.69 Å². The van der Waals surface area contributed by atoms with Crippen molar-refractivity contribution in [3.63, 3.8) is 0 Å². The van der Waals surface area contributed by atoms with Gasteiger partial charge in [-0.1, -0.05) is 29.8 Å². The normalized spacial score (nSPS) is 13.7. The first-order valence-electron chi connectivity index (χ1n) is 9.54. The van der Waals surface area contributed by atoms with Crippen LogP contribution in [0.15, 0.2) is 48.5 Å². The number of hydrogen-bond donors (Lipinski definition) is 1. The van der Waals surface area contributed by atoms with Crippen molar-refractivity contribution in [2.45, 2.75) is 6.92 Å². The molecule has 152 valence electrons. The molecule has 1 fully saturated rings. The van der Waals surface area contributed by atoms with Crippen molar-refractivity contribution in [2.75, 3.05) is 44.7 Å². The summed E-state index contributed by atoms with van der Waals surface area (Å²) >= 11 is 0. The van der Waals surface area contributed by atoms with E-state index in [0.717, 1.165) is 17.0 Å². The summed E-state index contributed by atoms with van der Waals surface area (Å²) in [5, 5.41) is 2.44. The van der Waals surface area contributed by atoms with Gasteiger partial charge < -0.3 is 19.9 Å². The molecule has 0 radical (unpaired) electrons. The van der Waals surface area contributed by atoms with Gasteiger partial charge in [0.05, 0.1) is 13.7 Å². The number of amides is 2. The Kier molecular flexibility index (Phi) is 6.49. The van der Waals surface area contributed by atoms with Crippen molar-refractivity contribution in [1.82, 2.24) is 10.2 Å². The summed E-state index contributed by atoms with van der Waals surface area (Å²) in [6, 6.07) is 14.6. The zero-order valence-corrected chi connectivity index (χ0v) is 16.7. The van der Waals surface area contributed by atoms with E-state index in [2.05, 4.69) is 10.2 Å². The molecule has 0 aromatic heterocycles. The number of ketones is 1. The molecule has 1 N–H and O–H groups in total. The number of nitrogens with one attached hydrogen (secondary N) is 1. The number of anilines is 1. The highest BCUT2D eigenvalue weighted by Gasteiger charge is 2.23. The number of methoxy groups -OCH3 is 1. The minimum Gasteiger partial charge on any atom is -0.497 e. The highest BCUT2D eigenvalue weighted by Crippen LogP contribution is 2.20. The van der Waals surface area contributed by atoms with Crippen molar-refractivity contribution in [3.05, 3.63) is 59.7 Å². The Morgan fingerprint density at radius 1 is 0.931 bits per heavy atom. The van der Waals surface area contributed by atoms with Crippen molar-refractivity contribution in [3.8, 4) is 5.75 Å². The van der Waals surface area contributed by atoms with Crippen molar-refractivity contribution >= 4 is 23.3 Å². The van der Waals surface area contributed by atoms with Crippen molar-refractivity contribution in [1.29, 1.82) is 0 Å². The van der Waals surface area contributed by atoms with Gasteiger partial charge >= 0.3 is 0 Å². The molecule has 0 saturated carbocycles. The minimum atomic E-state index is -0.765. The number of benzene rings is 2. The minimum absolute atomic E-state index is 0.182. The van der Waals surface area contributed by atoms with Crippen LogP contribution in [0.1, 0.15) is 15.9 Å². The lowest BCUT2D eigenvalue weighted by Crippen LogP contribution is -2.51. The maximum Gasteiger partial charge on any atom is 0.292 e. The molecule has 0 unspecified atom stereocenters. The second-order valence-corrected chi connectivity index (χ2v) is 6.94. The third-order valence-electron chi connectivity index (χ3n) is 4.99. The van der Waals surface area contributed by atoms with E-state index in [1.54, 1.807) is 36.3 Å². The quantitative estimate of drug-likeness (QED) is 0.594. The lowest BCUT2D eigenvalue weighted by atomic mass is 10.1. The predicted molar refractivity (Wildman–Crippen MR) is 110 cm³/mol. The average molecular weight is 395 g/mol. The maximum absolute atomic E-state index is 12.4. The van der Waals surface area contributed by atoms with Crippen LogP contribution in [0.25, 0.3) is 0 Å². The standard InChI is InChI=1S/C22H25N3O4/c1-16-3-5-17(6-4-16)21(27)22(28)23-15-20(26)25-13-11-24(12-14-25)18-7-9-19(29-2)10-8-18/h3-10H,11-15H2,1-2H3,(H,23,28).